The third-order valence-electron chi connectivity index (χ3n) is 10.9. The van der Waals surface area contributed by atoms with Crippen molar-refractivity contribution >= 4 is 11.8 Å². The number of carbonyl (C=O) groups excluding carboxylic acids is 2. The summed E-state index contributed by atoms with van der Waals surface area (Å²) in [7, 11) is 0. The fourth-order valence-corrected chi connectivity index (χ4v) is 7.09. The highest BCUT2D eigenvalue weighted by Crippen LogP contribution is 2.52. The zero-order chi connectivity index (χ0) is 44.6. The molecular weight excluding hydrogens is 801 g/mol. The maximum absolute atomic E-state index is 14.5. The molecule has 3 aliphatic heterocycles. The molecule has 3 aliphatic rings. The first kappa shape index (κ1) is 49.8. The molecule has 0 saturated carbocycles. The lowest BCUT2D eigenvalue weighted by Gasteiger charge is -2.38. The van der Waals surface area contributed by atoms with Crippen molar-refractivity contribution in [3.63, 3.8) is 0 Å². The minimum Gasteiger partial charge on any atom is -0.455 e. The molecule has 0 aromatic heterocycles. The van der Waals surface area contributed by atoms with Crippen LogP contribution in [-0.4, -0.2) is 156 Å². The molecule has 15 nitrogen and oxygen atoms in total. The molecule has 15 heteroatoms. The van der Waals surface area contributed by atoms with Crippen molar-refractivity contribution in [2.45, 2.75) is 83.8 Å². The fraction of sp³-hybridized carbons (Fsp3) is 0.702. The molecule has 62 heavy (non-hydrogen) atoms. The highest BCUT2D eigenvalue weighted by atomic mass is 16.6. The van der Waals surface area contributed by atoms with Gasteiger partial charge >= 0.3 is 0 Å². The predicted molar refractivity (Wildman–Crippen MR) is 233 cm³/mol. The summed E-state index contributed by atoms with van der Waals surface area (Å²) in [6, 6.07) is 8.06. The van der Waals surface area contributed by atoms with Gasteiger partial charge in [0, 0.05) is 29.6 Å². The first-order valence-electron chi connectivity index (χ1n) is 22.1. The van der Waals surface area contributed by atoms with Crippen LogP contribution in [0.4, 0.5) is 0 Å². The second-order valence-corrected chi connectivity index (χ2v) is 18.3. The number of fused-ring (bicyclic) bond motifs is 2. The van der Waals surface area contributed by atoms with E-state index in [1.807, 2.05) is 12.1 Å². The SMILES string of the molecule is CC(C)(C)c1cc(C(=O)NCC2COCCOCCOCCOCCO2)c2c(c1)C(C)(C)c1cc(C(C)(C)C)cc(C(=O)NCC3COCCOCCOCCOCCO3)c1O2. The molecule has 0 bridgehead atoms. The summed E-state index contributed by atoms with van der Waals surface area (Å²) in [6.07, 6.45) is -0.891. The molecule has 2 amide bonds. The Labute approximate surface area is 368 Å². The first-order chi connectivity index (χ1) is 29.7. The minimum absolute atomic E-state index is 0.181. The molecule has 0 spiro atoms. The zero-order valence-electron chi connectivity index (χ0n) is 38.4. The van der Waals surface area contributed by atoms with Crippen molar-refractivity contribution in [3.05, 3.63) is 57.6 Å². The molecule has 2 atom stereocenters. The molecule has 2 unspecified atom stereocenters. The van der Waals surface area contributed by atoms with Gasteiger partial charge in [0.1, 0.15) is 11.5 Å². The summed E-state index contributed by atoms with van der Waals surface area (Å²) in [6.45, 7) is 24.6. The van der Waals surface area contributed by atoms with Gasteiger partial charge in [0.25, 0.3) is 11.8 Å². The Morgan fingerprint density at radius 3 is 1.13 bits per heavy atom. The Morgan fingerprint density at radius 2 is 0.806 bits per heavy atom. The van der Waals surface area contributed by atoms with Crippen molar-refractivity contribution in [2.75, 3.05) is 132 Å². The number of hydrogen-bond acceptors (Lipinski definition) is 13. The van der Waals surface area contributed by atoms with Gasteiger partial charge in [-0.2, -0.15) is 0 Å². The lowest BCUT2D eigenvalue weighted by Crippen LogP contribution is -2.39. The van der Waals surface area contributed by atoms with Crippen LogP contribution in [0.25, 0.3) is 0 Å². The van der Waals surface area contributed by atoms with Gasteiger partial charge in [0.05, 0.1) is 142 Å². The third-order valence-corrected chi connectivity index (χ3v) is 10.9. The molecule has 2 saturated heterocycles. The molecule has 2 fully saturated rings. The average molecular weight is 873 g/mol. The maximum Gasteiger partial charge on any atom is 0.255 e. The topological polar surface area (TPSA) is 160 Å². The number of ether oxygens (including phenoxy) is 11. The lowest BCUT2D eigenvalue weighted by atomic mass is 9.70. The normalized spacial score (nSPS) is 22.2. The molecule has 5 rings (SSSR count). The van der Waals surface area contributed by atoms with Crippen LogP contribution in [0, 0.1) is 0 Å². The van der Waals surface area contributed by atoms with Crippen molar-refractivity contribution in [3.8, 4) is 11.5 Å². The van der Waals surface area contributed by atoms with Crippen LogP contribution < -0.4 is 15.4 Å². The van der Waals surface area contributed by atoms with E-state index in [4.69, 9.17) is 52.1 Å². The van der Waals surface area contributed by atoms with Gasteiger partial charge < -0.3 is 62.7 Å². The largest absolute Gasteiger partial charge is 0.455 e. The third kappa shape index (κ3) is 14.9. The Hall–Kier alpha value is -3.22. The number of hydrogen-bond donors (Lipinski definition) is 2. The summed E-state index contributed by atoms with van der Waals surface area (Å²) in [5.74, 6) is 0.153. The average Bonchev–Trinajstić information content (AvgIpc) is 3.24. The van der Waals surface area contributed by atoms with E-state index in [9.17, 15) is 9.59 Å². The number of nitrogens with one attached hydrogen (secondary N) is 2. The van der Waals surface area contributed by atoms with E-state index in [2.05, 4.69) is 78.2 Å². The summed E-state index contributed by atoms with van der Waals surface area (Å²) in [5.41, 5.74) is 3.14. The van der Waals surface area contributed by atoms with E-state index < -0.39 is 17.6 Å². The van der Waals surface area contributed by atoms with Crippen molar-refractivity contribution < 1.29 is 61.7 Å². The number of carbonyl (C=O) groups is 2. The molecule has 0 radical (unpaired) electrons. The van der Waals surface area contributed by atoms with Gasteiger partial charge in [-0.3, -0.25) is 9.59 Å². The van der Waals surface area contributed by atoms with Crippen molar-refractivity contribution in [1.29, 1.82) is 0 Å². The van der Waals surface area contributed by atoms with E-state index in [1.165, 1.54) is 0 Å². The van der Waals surface area contributed by atoms with Crippen LogP contribution in [0.3, 0.4) is 0 Å². The lowest BCUT2D eigenvalue weighted by molar-refractivity contribution is -0.0438. The minimum atomic E-state index is -0.669. The fourth-order valence-electron chi connectivity index (χ4n) is 7.09. The number of rotatable bonds is 6. The van der Waals surface area contributed by atoms with Crippen LogP contribution in [0.5, 0.6) is 11.5 Å². The molecule has 0 aliphatic carbocycles. The first-order valence-corrected chi connectivity index (χ1v) is 22.1. The van der Waals surface area contributed by atoms with Crippen molar-refractivity contribution in [2.24, 2.45) is 0 Å². The van der Waals surface area contributed by atoms with Gasteiger partial charge in [-0.15, -0.1) is 0 Å². The second kappa shape index (κ2) is 24.2. The van der Waals surface area contributed by atoms with Crippen LogP contribution >= 0.6 is 0 Å². The smallest absolute Gasteiger partial charge is 0.255 e. The van der Waals surface area contributed by atoms with Crippen LogP contribution in [0.1, 0.15) is 98.4 Å². The molecule has 3 heterocycles. The highest BCUT2D eigenvalue weighted by molar-refractivity contribution is 6.00. The van der Waals surface area contributed by atoms with Crippen LogP contribution in [0.15, 0.2) is 24.3 Å². The van der Waals surface area contributed by atoms with E-state index >= 15 is 0 Å². The predicted octanol–water partition coefficient (Wildman–Crippen LogP) is 5.10. The van der Waals surface area contributed by atoms with Crippen LogP contribution in [0.2, 0.25) is 0 Å². The van der Waals surface area contributed by atoms with Gasteiger partial charge in [-0.25, -0.2) is 0 Å². The van der Waals surface area contributed by atoms with Gasteiger partial charge in [0.15, 0.2) is 0 Å². The Kier molecular flexibility index (Phi) is 19.4. The Bertz CT molecular complexity index is 1570. The summed E-state index contributed by atoms with van der Waals surface area (Å²) in [4.78, 5) is 28.9. The zero-order valence-corrected chi connectivity index (χ0v) is 38.4. The summed E-state index contributed by atoms with van der Waals surface area (Å²) < 4.78 is 64.4. The van der Waals surface area contributed by atoms with E-state index in [-0.39, 0.29) is 48.9 Å². The standard InChI is InChI=1S/C47H72N2O13/c1-45(2,3)33-25-37(43(50)48-29-35-31-58-19-17-54-11-9-52-13-15-56-21-23-60-35)41-39(27-33)47(7,8)40-28-34(46(4,5)6)26-38(42(40)62-41)44(51)49-30-36-32-59-20-18-55-12-10-53-14-16-57-22-24-61-36/h25-28,35-36H,9-24,29-32H2,1-8H3,(H,48,50)(H,49,51). The van der Waals surface area contributed by atoms with Gasteiger partial charge in [-0.05, 0) is 34.1 Å². The molecule has 348 valence electrons. The second-order valence-electron chi connectivity index (χ2n) is 18.3. The summed E-state index contributed by atoms with van der Waals surface area (Å²) >= 11 is 0. The number of amides is 2. The molecular formula is C47H72N2O13. The van der Waals surface area contributed by atoms with Crippen LogP contribution in [-0.2, 0) is 63.6 Å². The van der Waals surface area contributed by atoms with E-state index in [0.717, 1.165) is 22.3 Å². The monoisotopic (exact) mass is 873 g/mol. The van der Waals surface area contributed by atoms with Gasteiger partial charge in [-0.1, -0.05) is 67.5 Å². The summed E-state index contributed by atoms with van der Waals surface area (Å²) in [5, 5.41) is 6.21. The molecule has 2 aromatic carbocycles. The maximum atomic E-state index is 14.5. The Morgan fingerprint density at radius 1 is 0.500 bits per heavy atom. The Balaban J connectivity index is 1.41. The number of benzene rings is 2. The molecule has 2 aromatic rings. The highest BCUT2D eigenvalue weighted by Gasteiger charge is 2.41. The molecule has 2 N–H and O–H groups in total. The van der Waals surface area contributed by atoms with Gasteiger partial charge in [0.2, 0.25) is 0 Å². The van der Waals surface area contributed by atoms with E-state index in [0.29, 0.717) is 128 Å². The quantitative estimate of drug-likeness (QED) is 0.395. The van der Waals surface area contributed by atoms with Crippen molar-refractivity contribution in [1.82, 2.24) is 10.6 Å². The van der Waals surface area contributed by atoms with E-state index in [1.54, 1.807) is 0 Å².